The van der Waals surface area contributed by atoms with Crippen LogP contribution in [0.1, 0.15) is 42.9 Å². The predicted molar refractivity (Wildman–Crippen MR) is 115 cm³/mol. The zero-order valence-corrected chi connectivity index (χ0v) is 18.9. The molecule has 2 aliphatic rings. The number of alkyl halides is 3. The van der Waals surface area contributed by atoms with Gasteiger partial charge in [0, 0.05) is 31.4 Å². The number of hydrogen-bond donors (Lipinski definition) is 1. The minimum Gasteiger partial charge on any atom is -0.481 e. The molecular formula is C22H24F3N3O4S. The number of fused-ring (bicyclic) bond motifs is 1. The van der Waals surface area contributed by atoms with E-state index in [0.29, 0.717) is 24.2 Å². The van der Waals surface area contributed by atoms with Crippen molar-refractivity contribution < 1.29 is 31.5 Å². The maximum absolute atomic E-state index is 13.4. The highest BCUT2D eigenvalue weighted by Gasteiger charge is 2.38. The highest BCUT2D eigenvalue weighted by Crippen LogP contribution is 2.36. The number of nitrogens with zero attached hydrogens (tertiary/aromatic N) is 3. The smallest absolute Gasteiger partial charge is 0.417 e. The molecule has 7 nitrogen and oxygen atoms in total. The Morgan fingerprint density at radius 3 is 2.33 bits per heavy atom. The Hall–Kier alpha value is -2.66. The molecule has 1 aliphatic carbocycles. The third kappa shape index (κ3) is 4.31. The van der Waals surface area contributed by atoms with Gasteiger partial charge >= 0.3 is 12.1 Å². The van der Waals surface area contributed by atoms with Gasteiger partial charge in [-0.05, 0) is 62.1 Å². The van der Waals surface area contributed by atoms with Crippen molar-refractivity contribution in [1.82, 2.24) is 9.29 Å². The van der Waals surface area contributed by atoms with Gasteiger partial charge in [0.1, 0.15) is 5.82 Å². The first-order valence-electron chi connectivity index (χ1n) is 10.6. The third-order valence-electron chi connectivity index (χ3n) is 6.36. The Labute approximate surface area is 189 Å². The molecule has 0 amide bonds. The van der Waals surface area contributed by atoms with E-state index < -0.39 is 33.7 Å². The average molecular weight is 484 g/mol. The van der Waals surface area contributed by atoms with Gasteiger partial charge in [0.05, 0.1) is 16.4 Å². The summed E-state index contributed by atoms with van der Waals surface area (Å²) in [4.78, 5) is 17.4. The Kier molecular flexibility index (Phi) is 5.90. The lowest BCUT2D eigenvalue weighted by molar-refractivity contribution is -0.139. The molecule has 2 aromatic rings. The number of aliphatic carboxylic acids is 1. The molecule has 0 saturated carbocycles. The number of aryl methyl sites for hydroxylation is 1. The van der Waals surface area contributed by atoms with E-state index in [-0.39, 0.29) is 30.1 Å². The monoisotopic (exact) mass is 483 g/mol. The first-order chi connectivity index (χ1) is 15.4. The number of rotatable bonds is 4. The number of sulfonamides is 1. The maximum Gasteiger partial charge on any atom is 0.417 e. The molecule has 0 bridgehead atoms. The number of benzene rings is 1. The lowest BCUT2D eigenvalue weighted by Gasteiger charge is -2.44. The fourth-order valence-electron chi connectivity index (χ4n) is 4.78. The van der Waals surface area contributed by atoms with Crippen LogP contribution in [0.3, 0.4) is 0 Å². The number of halogens is 3. The van der Waals surface area contributed by atoms with Gasteiger partial charge in [-0.25, -0.2) is 13.4 Å². The van der Waals surface area contributed by atoms with Crippen molar-refractivity contribution in [3.63, 3.8) is 0 Å². The maximum atomic E-state index is 13.4. The van der Waals surface area contributed by atoms with Crippen molar-refractivity contribution in [3.8, 4) is 0 Å². The standard InChI is InChI=1S/C22H24F3N3O4S/c1-13-11-27(12-14(2)28(13)20-8-5-16(10-26-20)22(23,24)25)33(31,32)17-6-3-15-4-7-18(21(29)30)19(15)9-17/h3,5-6,8-10,13-14,18H,4,7,11-12H2,1-2H3,(H,29,30)/t13-,14-,18?/m0/s1. The van der Waals surface area contributed by atoms with E-state index in [1.807, 2.05) is 4.90 Å². The first-order valence-corrected chi connectivity index (χ1v) is 12.0. The van der Waals surface area contributed by atoms with Gasteiger partial charge in [-0.15, -0.1) is 0 Å². The molecule has 1 unspecified atom stereocenters. The molecule has 1 aromatic heterocycles. The van der Waals surface area contributed by atoms with Gasteiger partial charge in [0.2, 0.25) is 10.0 Å². The third-order valence-corrected chi connectivity index (χ3v) is 8.18. The molecule has 1 saturated heterocycles. The molecule has 0 radical (unpaired) electrons. The highest BCUT2D eigenvalue weighted by atomic mass is 32.2. The average Bonchev–Trinajstić information content (AvgIpc) is 3.16. The number of carboxylic acids is 1. The normalized spacial score (nSPS) is 24.0. The lowest BCUT2D eigenvalue weighted by Crippen LogP contribution is -2.58. The van der Waals surface area contributed by atoms with E-state index >= 15 is 0 Å². The Bertz CT molecular complexity index is 1160. The molecule has 11 heteroatoms. The summed E-state index contributed by atoms with van der Waals surface area (Å²) in [6, 6.07) is 6.25. The quantitative estimate of drug-likeness (QED) is 0.716. The lowest BCUT2D eigenvalue weighted by atomic mass is 10.0. The largest absolute Gasteiger partial charge is 0.481 e. The van der Waals surface area contributed by atoms with Crippen molar-refractivity contribution in [3.05, 3.63) is 53.2 Å². The van der Waals surface area contributed by atoms with Crippen LogP contribution in [0.5, 0.6) is 0 Å². The van der Waals surface area contributed by atoms with Crippen molar-refractivity contribution in [1.29, 1.82) is 0 Å². The number of hydrogen-bond acceptors (Lipinski definition) is 5. The molecule has 2 heterocycles. The second-order valence-electron chi connectivity index (χ2n) is 8.62. The summed E-state index contributed by atoms with van der Waals surface area (Å²) < 4.78 is 66.6. The number of carboxylic acid groups (broad SMARTS) is 1. The predicted octanol–water partition coefficient (Wildman–Crippen LogP) is 3.50. The summed E-state index contributed by atoms with van der Waals surface area (Å²) in [5.41, 5.74) is 0.544. The molecule has 1 aliphatic heterocycles. The molecule has 1 aromatic carbocycles. The zero-order valence-electron chi connectivity index (χ0n) is 18.1. The topological polar surface area (TPSA) is 90.8 Å². The van der Waals surface area contributed by atoms with Crippen LogP contribution < -0.4 is 4.90 Å². The van der Waals surface area contributed by atoms with Gasteiger partial charge < -0.3 is 10.0 Å². The van der Waals surface area contributed by atoms with Gasteiger partial charge in [-0.2, -0.15) is 17.5 Å². The van der Waals surface area contributed by atoms with Crippen LogP contribution in [0.2, 0.25) is 0 Å². The van der Waals surface area contributed by atoms with E-state index in [1.165, 1.54) is 22.5 Å². The minimum atomic E-state index is -4.48. The van der Waals surface area contributed by atoms with Crippen molar-refractivity contribution >= 4 is 21.8 Å². The molecular weight excluding hydrogens is 459 g/mol. The number of carbonyl (C=O) groups is 1. The van der Waals surface area contributed by atoms with E-state index in [4.69, 9.17) is 0 Å². The summed E-state index contributed by atoms with van der Waals surface area (Å²) in [5, 5.41) is 9.44. The molecule has 4 rings (SSSR count). The molecule has 1 fully saturated rings. The Balaban J connectivity index is 1.57. The van der Waals surface area contributed by atoms with Crippen LogP contribution in [0.25, 0.3) is 0 Å². The van der Waals surface area contributed by atoms with Crippen LogP contribution in [0.4, 0.5) is 19.0 Å². The SMILES string of the molecule is C[C@H]1CN(S(=O)(=O)c2ccc3c(c2)C(C(=O)O)CC3)C[C@H](C)N1c1ccc(C(F)(F)F)cn1. The van der Waals surface area contributed by atoms with Gasteiger partial charge in [0.15, 0.2) is 0 Å². The first kappa shape index (κ1) is 23.5. The summed E-state index contributed by atoms with van der Waals surface area (Å²) in [7, 11) is -3.89. The summed E-state index contributed by atoms with van der Waals surface area (Å²) in [5.74, 6) is -1.33. The van der Waals surface area contributed by atoms with E-state index in [9.17, 15) is 31.5 Å². The highest BCUT2D eigenvalue weighted by molar-refractivity contribution is 7.89. The molecule has 33 heavy (non-hydrogen) atoms. The van der Waals surface area contributed by atoms with Crippen LogP contribution in [0, 0.1) is 0 Å². The van der Waals surface area contributed by atoms with Crippen LogP contribution in [0.15, 0.2) is 41.4 Å². The second-order valence-corrected chi connectivity index (χ2v) is 10.6. The summed E-state index contributed by atoms with van der Waals surface area (Å²) >= 11 is 0. The number of pyridine rings is 1. The molecule has 1 N–H and O–H groups in total. The van der Waals surface area contributed by atoms with Crippen LogP contribution >= 0.6 is 0 Å². The van der Waals surface area contributed by atoms with Crippen LogP contribution in [-0.4, -0.2) is 54.0 Å². The summed E-state index contributed by atoms with van der Waals surface area (Å²) in [6.45, 7) is 3.82. The van der Waals surface area contributed by atoms with Crippen molar-refractivity contribution in [2.75, 3.05) is 18.0 Å². The molecule has 178 valence electrons. The Morgan fingerprint density at radius 2 is 1.79 bits per heavy atom. The molecule has 0 spiro atoms. The number of aromatic nitrogens is 1. The van der Waals surface area contributed by atoms with Gasteiger partial charge in [0.25, 0.3) is 0 Å². The van der Waals surface area contributed by atoms with E-state index in [2.05, 4.69) is 4.98 Å². The Morgan fingerprint density at radius 1 is 1.12 bits per heavy atom. The number of piperazine rings is 1. The number of anilines is 1. The van der Waals surface area contributed by atoms with E-state index in [0.717, 1.165) is 17.8 Å². The van der Waals surface area contributed by atoms with Gasteiger partial charge in [-0.3, -0.25) is 4.79 Å². The van der Waals surface area contributed by atoms with E-state index in [1.54, 1.807) is 19.9 Å². The minimum absolute atomic E-state index is 0.0508. The fourth-order valence-corrected chi connectivity index (χ4v) is 6.41. The fraction of sp³-hybridized carbons (Fsp3) is 0.455. The second kappa shape index (κ2) is 8.28. The van der Waals surface area contributed by atoms with Gasteiger partial charge in [-0.1, -0.05) is 6.07 Å². The zero-order chi connectivity index (χ0) is 24.1. The van der Waals surface area contributed by atoms with Crippen molar-refractivity contribution in [2.24, 2.45) is 0 Å². The molecule has 3 atom stereocenters. The summed E-state index contributed by atoms with van der Waals surface area (Å²) in [6.07, 6.45) is -2.66. The van der Waals surface area contributed by atoms with Crippen LogP contribution in [-0.2, 0) is 27.4 Å². The van der Waals surface area contributed by atoms with Crippen molar-refractivity contribution in [2.45, 2.75) is 55.8 Å².